The summed E-state index contributed by atoms with van der Waals surface area (Å²) in [6, 6.07) is 1.65. The standard InChI is InChI=1S/C9H12BrN3O2S/c10-6-3-8(11)9(12-4-6)13-7-1-2-16(14,15)5-7/h3-4,7H,1-2,5,11H2,(H,12,13). The normalized spacial score (nSPS) is 23.2. The van der Waals surface area contributed by atoms with Gasteiger partial charge in [0.1, 0.15) is 5.82 Å². The minimum absolute atomic E-state index is 0.0824. The van der Waals surface area contributed by atoms with Crippen molar-refractivity contribution < 1.29 is 8.42 Å². The highest BCUT2D eigenvalue weighted by Gasteiger charge is 2.28. The van der Waals surface area contributed by atoms with Crippen LogP contribution in [0.4, 0.5) is 11.5 Å². The van der Waals surface area contributed by atoms with Crippen LogP contribution in [0.1, 0.15) is 6.42 Å². The van der Waals surface area contributed by atoms with E-state index in [1.54, 1.807) is 12.3 Å². The largest absolute Gasteiger partial charge is 0.396 e. The molecule has 0 spiro atoms. The lowest BCUT2D eigenvalue weighted by atomic mass is 10.2. The highest BCUT2D eigenvalue weighted by Crippen LogP contribution is 2.23. The summed E-state index contributed by atoms with van der Waals surface area (Å²) in [6.45, 7) is 0. The lowest BCUT2D eigenvalue weighted by Crippen LogP contribution is -2.21. The smallest absolute Gasteiger partial charge is 0.152 e. The van der Waals surface area contributed by atoms with Crippen LogP contribution in [0.15, 0.2) is 16.7 Å². The molecule has 1 fully saturated rings. The van der Waals surface area contributed by atoms with Gasteiger partial charge in [0, 0.05) is 16.7 Å². The fraction of sp³-hybridized carbons (Fsp3) is 0.444. The Morgan fingerprint density at radius 3 is 2.88 bits per heavy atom. The molecule has 0 radical (unpaired) electrons. The zero-order valence-electron chi connectivity index (χ0n) is 8.48. The number of nitrogen functional groups attached to an aromatic ring is 1. The quantitative estimate of drug-likeness (QED) is 0.852. The first-order chi connectivity index (χ1) is 7.46. The maximum absolute atomic E-state index is 11.3. The number of nitrogens with one attached hydrogen (secondary N) is 1. The molecule has 1 aliphatic heterocycles. The maximum atomic E-state index is 11.3. The van der Waals surface area contributed by atoms with Gasteiger partial charge in [0.2, 0.25) is 0 Å². The minimum atomic E-state index is -2.88. The van der Waals surface area contributed by atoms with E-state index in [1.165, 1.54) is 0 Å². The lowest BCUT2D eigenvalue weighted by Gasteiger charge is -2.13. The van der Waals surface area contributed by atoms with Crippen molar-refractivity contribution in [3.63, 3.8) is 0 Å². The van der Waals surface area contributed by atoms with E-state index in [0.717, 1.165) is 4.47 Å². The Balaban J connectivity index is 2.11. The van der Waals surface area contributed by atoms with Crippen molar-refractivity contribution >= 4 is 37.3 Å². The van der Waals surface area contributed by atoms with Gasteiger partial charge in [-0.2, -0.15) is 0 Å². The van der Waals surface area contributed by atoms with E-state index in [-0.39, 0.29) is 17.5 Å². The third kappa shape index (κ3) is 2.65. The van der Waals surface area contributed by atoms with E-state index in [0.29, 0.717) is 17.9 Å². The first-order valence-corrected chi connectivity index (χ1v) is 7.46. The van der Waals surface area contributed by atoms with Crippen LogP contribution in [0.5, 0.6) is 0 Å². The minimum Gasteiger partial charge on any atom is -0.396 e. The summed E-state index contributed by atoms with van der Waals surface area (Å²) in [5.74, 6) is 0.941. The molecule has 88 valence electrons. The maximum Gasteiger partial charge on any atom is 0.152 e. The van der Waals surface area contributed by atoms with Crippen molar-refractivity contribution in [3.05, 3.63) is 16.7 Å². The van der Waals surface area contributed by atoms with Gasteiger partial charge in [-0.1, -0.05) is 0 Å². The number of aromatic nitrogens is 1. The SMILES string of the molecule is Nc1cc(Br)cnc1NC1CCS(=O)(=O)C1. The third-order valence-electron chi connectivity index (χ3n) is 2.46. The van der Waals surface area contributed by atoms with Gasteiger partial charge in [0.05, 0.1) is 17.2 Å². The Kier molecular flexibility index (Phi) is 3.07. The zero-order chi connectivity index (χ0) is 11.8. The number of anilines is 2. The number of halogens is 1. The van der Waals surface area contributed by atoms with Crippen LogP contribution >= 0.6 is 15.9 Å². The van der Waals surface area contributed by atoms with Crippen LogP contribution in [0.3, 0.4) is 0 Å². The van der Waals surface area contributed by atoms with Crippen LogP contribution in [0.2, 0.25) is 0 Å². The highest BCUT2D eigenvalue weighted by molar-refractivity contribution is 9.10. The molecule has 0 saturated carbocycles. The van der Waals surface area contributed by atoms with Gasteiger partial charge >= 0.3 is 0 Å². The molecule has 3 N–H and O–H groups in total. The van der Waals surface area contributed by atoms with Crippen LogP contribution in [-0.2, 0) is 9.84 Å². The van der Waals surface area contributed by atoms with Gasteiger partial charge < -0.3 is 11.1 Å². The average Bonchev–Trinajstić information content (AvgIpc) is 2.51. The first-order valence-electron chi connectivity index (χ1n) is 4.84. The fourth-order valence-corrected chi connectivity index (χ4v) is 3.70. The predicted octanol–water partition coefficient (Wildman–Crippen LogP) is 1.03. The summed E-state index contributed by atoms with van der Waals surface area (Å²) < 4.78 is 23.3. The molecule has 1 unspecified atom stereocenters. The molecule has 0 bridgehead atoms. The van der Waals surface area contributed by atoms with Crippen molar-refractivity contribution in [1.29, 1.82) is 0 Å². The molecule has 7 heteroatoms. The number of rotatable bonds is 2. The Hall–Kier alpha value is -0.820. The van der Waals surface area contributed by atoms with Gasteiger partial charge in [-0.15, -0.1) is 0 Å². The molecule has 1 aromatic rings. The van der Waals surface area contributed by atoms with Crippen LogP contribution < -0.4 is 11.1 Å². The predicted molar refractivity (Wildman–Crippen MR) is 67.0 cm³/mol. The molecule has 0 aliphatic carbocycles. The summed E-state index contributed by atoms with van der Waals surface area (Å²) in [6.07, 6.45) is 2.24. The fourth-order valence-electron chi connectivity index (χ4n) is 1.68. The summed E-state index contributed by atoms with van der Waals surface area (Å²) >= 11 is 3.26. The summed E-state index contributed by atoms with van der Waals surface area (Å²) in [5, 5.41) is 3.06. The van der Waals surface area contributed by atoms with Gasteiger partial charge in [-0.25, -0.2) is 13.4 Å². The highest BCUT2D eigenvalue weighted by atomic mass is 79.9. The Morgan fingerprint density at radius 2 is 2.31 bits per heavy atom. The number of nitrogens with zero attached hydrogens (tertiary/aromatic N) is 1. The number of sulfone groups is 1. The van der Waals surface area contributed by atoms with Gasteiger partial charge in [0.15, 0.2) is 9.84 Å². The number of hydrogen-bond acceptors (Lipinski definition) is 5. The van der Waals surface area contributed by atoms with E-state index < -0.39 is 9.84 Å². The molecule has 1 aromatic heterocycles. The molecule has 16 heavy (non-hydrogen) atoms. The van der Waals surface area contributed by atoms with Gasteiger partial charge in [-0.3, -0.25) is 0 Å². The second-order valence-electron chi connectivity index (χ2n) is 3.84. The van der Waals surface area contributed by atoms with Gasteiger partial charge in [-0.05, 0) is 28.4 Å². The Bertz CT molecular complexity index is 503. The molecule has 1 atom stereocenters. The number of pyridine rings is 1. The van der Waals surface area contributed by atoms with E-state index in [1.807, 2.05) is 0 Å². The second-order valence-corrected chi connectivity index (χ2v) is 6.98. The van der Waals surface area contributed by atoms with Crippen LogP contribution in [0, 0.1) is 0 Å². The molecule has 1 aliphatic rings. The summed E-state index contributed by atoms with van der Waals surface area (Å²) in [7, 11) is -2.88. The summed E-state index contributed by atoms with van der Waals surface area (Å²) in [4.78, 5) is 4.11. The number of hydrogen-bond donors (Lipinski definition) is 2. The van der Waals surface area contributed by atoms with Crippen molar-refractivity contribution in [1.82, 2.24) is 4.98 Å². The monoisotopic (exact) mass is 305 g/mol. The van der Waals surface area contributed by atoms with Crippen molar-refractivity contribution in [2.75, 3.05) is 22.6 Å². The Morgan fingerprint density at radius 1 is 1.56 bits per heavy atom. The number of nitrogens with two attached hydrogens (primary N) is 1. The molecule has 0 amide bonds. The lowest BCUT2D eigenvalue weighted by molar-refractivity contribution is 0.602. The van der Waals surface area contributed by atoms with Crippen molar-refractivity contribution in [2.24, 2.45) is 0 Å². The molecule has 1 saturated heterocycles. The van der Waals surface area contributed by atoms with Crippen LogP contribution in [-0.4, -0.2) is 30.9 Å². The molecule has 0 aromatic carbocycles. The van der Waals surface area contributed by atoms with E-state index in [2.05, 4.69) is 26.2 Å². The van der Waals surface area contributed by atoms with Crippen molar-refractivity contribution in [2.45, 2.75) is 12.5 Å². The third-order valence-corrected chi connectivity index (χ3v) is 4.66. The van der Waals surface area contributed by atoms with Crippen molar-refractivity contribution in [3.8, 4) is 0 Å². The van der Waals surface area contributed by atoms with E-state index >= 15 is 0 Å². The zero-order valence-corrected chi connectivity index (χ0v) is 10.9. The van der Waals surface area contributed by atoms with E-state index in [9.17, 15) is 8.42 Å². The van der Waals surface area contributed by atoms with E-state index in [4.69, 9.17) is 5.73 Å². The topological polar surface area (TPSA) is 85.1 Å². The first kappa shape index (κ1) is 11.7. The second kappa shape index (κ2) is 4.21. The Labute approximate surface area is 102 Å². The summed E-state index contributed by atoms with van der Waals surface area (Å²) in [5.41, 5.74) is 6.28. The molecular formula is C9H12BrN3O2S. The van der Waals surface area contributed by atoms with Gasteiger partial charge in [0.25, 0.3) is 0 Å². The molecule has 2 rings (SSSR count). The molecule has 5 nitrogen and oxygen atoms in total. The van der Waals surface area contributed by atoms with Crippen LogP contribution in [0.25, 0.3) is 0 Å². The molecule has 2 heterocycles. The molecular weight excluding hydrogens is 294 g/mol. The average molecular weight is 306 g/mol.